The van der Waals surface area contributed by atoms with Crippen LogP contribution in [0.3, 0.4) is 0 Å². The maximum Gasteiger partial charge on any atom is 0.199 e. The molecular weight excluding hydrogens is 347 g/mol. The van der Waals surface area contributed by atoms with Crippen molar-refractivity contribution in [3.8, 4) is 0 Å². The third-order valence-corrected chi connectivity index (χ3v) is 8.40. The van der Waals surface area contributed by atoms with E-state index in [1.54, 1.807) is 13.0 Å². The summed E-state index contributed by atoms with van der Waals surface area (Å²) in [5.41, 5.74) is -2.72. The van der Waals surface area contributed by atoms with Crippen LogP contribution in [0.1, 0.15) is 46.5 Å². The van der Waals surface area contributed by atoms with Gasteiger partial charge in [-0.2, -0.15) is 0 Å². The van der Waals surface area contributed by atoms with Crippen LogP contribution in [-0.4, -0.2) is 34.7 Å². The zero-order valence-corrected chi connectivity index (χ0v) is 16.1. The van der Waals surface area contributed by atoms with Crippen molar-refractivity contribution in [3.63, 3.8) is 0 Å². The first-order valence-electron chi connectivity index (χ1n) is 9.90. The molecule has 0 heterocycles. The fourth-order valence-corrected chi connectivity index (χ4v) is 7.26. The van der Waals surface area contributed by atoms with Crippen molar-refractivity contribution >= 4 is 17.9 Å². The Labute approximate surface area is 158 Å². The van der Waals surface area contributed by atoms with E-state index in [2.05, 4.69) is 0 Å². The van der Waals surface area contributed by atoms with Gasteiger partial charge in [-0.1, -0.05) is 25.5 Å². The summed E-state index contributed by atoms with van der Waals surface area (Å²) in [4.78, 5) is 35.4. The number of Topliss-reactive ketones (excluding diaryl/α,β-unsaturated/α-hetero) is 1. The molecular formula is C22H27FO4. The smallest absolute Gasteiger partial charge is 0.199 e. The Balaban J connectivity index is 1.81. The van der Waals surface area contributed by atoms with Crippen LogP contribution < -0.4 is 0 Å². The molecule has 0 aromatic rings. The summed E-state index contributed by atoms with van der Waals surface area (Å²) in [6.07, 6.45) is 5.70. The second kappa shape index (κ2) is 5.69. The standard InChI is InChI=1S/C22H27FO4/c1-12-8-16-15-5-4-13-9-14(25)6-7-21(13,3)22(15,23)18(27)10-20(16,2)19(12)17(26)11-24/h6-7,9,11-12,15-16,18-19,27H,4-5,8,10H2,1-3H3/t12-,15+,16+,18+,19?,20+,21+,22+/m1/s1. The molecule has 8 atom stereocenters. The van der Waals surface area contributed by atoms with Gasteiger partial charge in [0.2, 0.25) is 0 Å². The molecule has 3 saturated carbocycles. The molecule has 0 spiro atoms. The predicted octanol–water partition coefficient (Wildman–Crippen LogP) is 2.99. The van der Waals surface area contributed by atoms with E-state index in [0.717, 1.165) is 5.57 Å². The summed E-state index contributed by atoms with van der Waals surface area (Å²) in [7, 11) is 0. The van der Waals surface area contributed by atoms with E-state index in [0.29, 0.717) is 25.5 Å². The second-order valence-corrected chi connectivity index (χ2v) is 9.56. The van der Waals surface area contributed by atoms with E-state index >= 15 is 4.39 Å². The van der Waals surface area contributed by atoms with Crippen molar-refractivity contribution in [2.45, 2.75) is 58.2 Å². The second-order valence-electron chi connectivity index (χ2n) is 9.56. The Morgan fingerprint density at radius 3 is 2.70 bits per heavy atom. The first kappa shape index (κ1) is 18.7. The van der Waals surface area contributed by atoms with E-state index in [1.165, 1.54) is 12.2 Å². The Kier molecular flexibility index (Phi) is 3.95. The molecule has 0 radical (unpaired) electrons. The van der Waals surface area contributed by atoms with E-state index in [9.17, 15) is 19.5 Å². The van der Waals surface area contributed by atoms with Gasteiger partial charge in [-0.15, -0.1) is 0 Å². The number of aliphatic hydroxyl groups excluding tert-OH is 1. The molecule has 1 N–H and O–H groups in total. The normalized spacial score (nSPS) is 51.1. The Hall–Kier alpha value is -1.62. The maximum absolute atomic E-state index is 16.8. The number of carbonyl (C=O) groups excluding carboxylic acids is 3. The number of carbonyl (C=O) groups is 3. The molecule has 0 aromatic carbocycles. The summed E-state index contributed by atoms with van der Waals surface area (Å²) in [5.74, 6) is -1.52. The number of fused-ring (bicyclic) bond motifs is 5. The molecule has 3 fully saturated rings. The molecule has 4 aliphatic carbocycles. The number of aliphatic hydroxyl groups is 1. The van der Waals surface area contributed by atoms with Gasteiger partial charge in [-0.05, 0) is 62.0 Å². The lowest BCUT2D eigenvalue weighted by molar-refractivity contribution is -0.195. The van der Waals surface area contributed by atoms with Crippen molar-refractivity contribution in [1.82, 2.24) is 0 Å². The van der Waals surface area contributed by atoms with E-state index in [1.807, 2.05) is 13.8 Å². The van der Waals surface area contributed by atoms with Crippen LogP contribution in [0.4, 0.5) is 4.39 Å². The van der Waals surface area contributed by atoms with Gasteiger partial charge < -0.3 is 5.11 Å². The molecule has 0 bridgehead atoms. The fourth-order valence-electron chi connectivity index (χ4n) is 7.26. The van der Waals surface area contributed by atoms with E-state index in [-0.39, 0.29) is 24.0 Å². The molecule has 0 aliphatic heterocycles. The minimum absolute atomic E-state index is 0.0135. The first-order chi connectivity index (χ1) is 12.6. The minimum Gasteiger partial charge on any atom is -0.390 e. The van der Waals surface area contributed by atoms with Crippen LogP contribution >= 0.6 is 0 Å². The third kappa shape index (κ3) is 2.15. The molecule has 4 rings (SSSR count). The molecule has 27 heavy (non-hydrogen) atoms. The van der Waals surface area contributed by atoms with Crippen molar-refractivity contribution in [1.29, 1.82) is 0 Å². The highest BCUT2D eigenvalue weighted by atomic mass is 19.1. The van der Waals surface area contributed by atoms with Crippen LogP contribution in [0.15, 0.2) is 23.8 Å². The topological polar surface area (TPSA) is 71.4 Å². The lowest BCUT2D eigenvalue weighted by Crippen LogP contribution is -2.66. The largest absolute Gasteiger partial charge is 0.390 e. The van der Waals surface area contributed by atoms with Crippen LogP contribution in [0.5, 0.6) is 0 Å². The Bertz CT molecular complexity index is 785. The van der Waals surface area contributed by atoms with Gasteiger partial charge in [0.05, 0.1) is 6.10 Å². The monoisotopic (exact) mass is 374 g/mol. The number of allylic oxidation sites excluding steroid dienone is 4. The fraction of sp³-hybridized carbons (Fsp3) is 0.682. The summed E-state index contributed by atoms with van der Waals surface area (Å²) >= 11 is 0. The summed E-state index contributed by atoms with van der Waals surface area (Å²) < 4.78 is 16.8. The Morgan fingerprint density at radius 2 is 2.04 bits per heavy atom. The predicted molar refractivity (Wildman–Crippen MR) is 97.5 cm³/mol. The molecule has 146 valence electrons. The van der Waals surface area contributed by atoms with Gasteiger partial charge in [0, 0.05) is 17.3 Å². The third-order valence-electron chi connectivity index (χ3n) is 8.40. The van der Waals surface area contributed by atoms with Gasteiger partial charge in [0.15, 0.2) is 23.5 Å². The van der Waals surface area contributed by atoms with Crippen molar-refractivity contribution in [3.05, 3.63) is 23.8 Å². The molecule has 0 aromatic heterocycles. The molecule has 0 amide bonds. The number of halogens is 1. The van der Waals surface area contributed by atoms with Crippen LogP contribution in [0, 0.1) is 34.5 Å². The number of hydrogen-bond acceptors (Lipinski definition) is 4. The SMILES string of the molecule is C[C@@H]1C[C@H]2[C@@H]3CCC4=CC(=O)C=C[C@]4(C)[C@@]3(F)[C@@H](O)C[C@]2(C)C1C(=O)C=O. The highest BCUT2D eigenvalue weighted by Crippen LogP contribution is 2.69. The highest BCUT2D eigenvalue weighted by Gasteiger charge is 2.71. The van der Waals surface area contributed by atoms with Crippen molar-refractivity contribution in [2.24, 2.45) is 34.5 Å². The average Bonchev–Trinajstić information content (AvgIpc) is 2.86. The van der Waals surface area contributed by atoms with Crippen molar-refractivity contribution in [2.75, 3.05) is 0 Å². The lowest BCUT2D eigenvalue weighted by Gasteiger charge is -2.61. The quantitative estimate of drug-likeness (QED) is 0.596. The van der Waals surface area contributed by atoms with Crippen LogP contribution in [0.25, 0.3) is 0 Å². The van der Waals surface area contributed by atoms with Gasteiger partial charge in [0.25, 0.3) is 0 Å². The number of hydrogen-bond donors (Lipinski definition) is 1. The highest BCUT2D eigenvalue weighted by molar-refractivity contribution is 6.26. The zero-order valence-electron chi connectivity index (χ0n) is 16.1. The van der Waals surface area contributed by atoms with Gasteiger partial charge in [-0.25, -0.2) is 4.39 Å². The van der Waals surface area contributed by atoms with E-state index in [4.69, 9.17) is 0 Å². The molecule has 4 aliphatic rings. The van der Waals surface area contributed by atoms with E-state index < -0.39 is 40.2 Å². The summed E-state index contributed by atoms with van der Waals surface area (Å²) in [6, 6.07) is 0. The summed E-state index contributed by atoms with van der Waals surface area (Å²) in [6.45, 7) is 5.69. The minimum atomic E-state index is -1.88. The number of rotatable bonds is 2. The van der Waals surface area contributed by atoms with Gasteiger partial charge >= 0.3 is 0 Å². The van der Waals surface area contributed by atoms with Crippen molar-refractivity contribution < 1.29 is 23.9 Å². The molecule has 4 nitrogen and oxygen atoms in total. The molecule has 5 heteroatoms. The number of ketones is 2. The first-order valence-corrected chi connectivity index (χ1v) is 9.90. The average molecular weight is 374 g/mol. The maximum atomic E-state index is 16.8. The lowest BCUT2D eigenvalue weighted by atomic mass is 9.45. The summed E-state index contributed by atoms with van der Waals surface area (Å²) in [5, 5.41) is 11.1. The zero-order chi connectivity index (χ0) is 19.8. The molecule has 0 saturated heterocycles. The van der Waals surface area contributed by atoms with Crippen LogP contribution in [-0.2, 0) is 14.4 Å². The number of aldehydes is 1. The Morgan fingerprint density at radius 1 is 1.33 bits per heavy atom. The van der Waals surface area contributed by atoms with Gasteiger partial charge in [0.1, 0.15) is 0 Å². The van der Waals surface area contributed by atoms with Gasteiger partial charge in [-0.3, -0.25) is 14.4 Å². The number of alkyl halides is 1. The van der Waals surface area contributed by atoms with Crippen LogP contribution in [0.2, 0.25) is 0 Å². The molecule has 1 unspecified atom stereocenters.